The zero-order valence-electron chi connectivity index (χ0n) is 9.72. The summed E-state index contributed by atoms with van der Waals surface area (Å²) < 4.78 is 5.17. The number of carbonyl (C=O) groups is 1. The molecule has 0 aliphatic carbocycles. The highest BCUT2D eigenvalue weighted by Crippen LogP contribution is 2.23. The second kappa shape index (κ2) is 5.92. The van der Waals surface area contributed by atoms with Gasteiger partial charge in [0.05, 0.1) is 0 Å². The molecule has 1 unspecified atom stereocenters. The lowest BCUT2D eigenvalue weighted by molar-refractivity contribution is -0.138. The minimum absolute atomic E-state index is 0.0540. The second-order valence-corrected chi connectivity index (χ2v) is 5.27. The van der Waals surface area contributed by atoms with E-state index in [0.29, 0.717) is 12.0 Å². The van der Waals surface area contributed by atoms with Gasteiger partial charge in [0.25, 0.3) is 0 Å². The van der Waals surface area contributed by atoms with Crippen LogP contribution in [0.5, 0.6) is 0 Å². The largest absolute Gasteiger partial charge is 0.459 e. The Hall–Kier alpha value is -1.22. The van der Waals surface area contributed by atoms with Crippen LogP contribution in [0.4, 0.5) is 0 Å². The van der Waals surface area contributed by atoms with Crippen LogP contribution in [-0.2, 0) is 15.3 Å². The van der Waals surface area contributed by atoms with Gasteiger partial charge in [-0.3, -0.25) is 0 Å². The zero-order chi connectivity index (χ0) is 12.1. The first-order valence-electron chi connectivity index (χ1n) is 5.76. The number of hydrogen-bond acceptors (Lipinski definition) is 3. The predicted octanol–water partition coefficient (Wildman–Crippen LogP) is 3.18. The Kier molecular flexibility index (Phi) is 4.26. The third-order valence-electron chi connectivity index (χ3n) is 2.73. The number of thioether (sulfide) groups is 1. The van der Waals surface area contributed by atoms with Gasteiger partial charge in [-0.25, -0.2) is 4.79 Å². The number of hydrogen-bond donors (Lipinski definition) is 0. The first-order chi connectivity index (χ1) is 8.25. The van der Waals surface area contributed by atoms with Crippen molar-refractivity contribution in [3.63, 3.8) is 0 Å². The molecule has 0 N–H and O–H groups in total. The molecule has 1 heterocycles. The molecule has 1 fully saturated rings. The Bertz CT molecular complexity index is 384. The molecule has 1 aromatic rings. The Morgan fingerprint density at radius 2 is 2.12 bits per heavy atom. The fourth-order valence-corrected chi connectivity index (χ4v) is 2.78. The molecular formula is C14H16O2S. The van der Waals surface area contributed by atoms with Crippen LogP contribution in [-0.4, -0.2) is 17.8 Å². The first kappa shape index (κ1) is 12.2. The van der Waals surface area contributed by atoms with E-state index in [0.717, 1.165) is 17.9 Å². The number of esters is 1. The molecule has 1 aromatic carbocycles. The summed E-state index contributed by atoms with van der Waals surface area (Å²) in [5.41, 5.74) is 1.95. The summed E-state index contributed by atoms with van der Waals surface area (Å²) in [6, 6.07) is 10.4. The fourth-order valence-electron chi connectivity index (χ4n) is 1.77. The standard InChI is InChI=1S/C14H16O2S/c1-11-9-13(16-14(11)15)7-8-17-10-12-5-3-2-4-6-12/h2-6,13H,1,7-10H2. The van der Waals surface area contributed by atoms with Crippen molar-refractivity contribution in [2.45, 2.75) is 24.7 Å². The van der Waals surface area contributed by atoms with E-state index in [2.05, 4.69) is 30.8 Å². The molecule has 0 spiro atoms. The molecule has 1 saturated heterocycles. The van der Waals surface area contributed by atoms with Crippen LogP contribution in [0.3, 0.4) is 0 Å². The summed E-state index contributed by atoms with van der Waals surface area (Å²) in [7, 11) is 0. The van der Waals surface area contributed by atoms with Gasteiger partial charge in [0, 0.05) is 17.7 Å². The molecule has 2 nitrogen and oxygen atoms in total. The molecule has 0 bridgehead atoms. The van der Waals surface area contributed by atoms with Gasteiger partial charge in [-0.05, 0) is 17.7 Å². The lowest BCUT2D eigenvalue weighted by Crippen LogP contribution is -2.07. The molecular weight excluding hydrogens is 232 g/mol. The minimum atomic E-state index is -0.219. The molecule has 0 aromatic heterocycles. The van der Waals surface area contributed by atoms with Crippen molar-refractivity contribution in [1.29, 1.82) is 0 Å². The molecule has 3 heteroatoms. The molecule has 2 rings (SSSR count). The Morgan fingerprint density at radius 1 is 1.35 bits per heavy atom. The quantitative estimate of drug-likeness (QED) is 0.455. The monoisotopic (exact) mass is 248 g/mol. The molecule has 0 radical (unpaired) electrons. The zero-order valence-corrected chi connectivity index (χ0v) is 10.5. The van der Waals surface area contributed by atoms with Crippen LogP contribution in [0.2, 0.25) is 0 Å². The van der Waals surface area contributed by atoms with Gasteiger partial charge in [0.2, 0.25) is 0 Å². The summed E-state index contributed by atoms with van der Waals surface area (Å²) in [5, 5.41) is 0. The van der Waals surface area contributed by atoms with E-state index in [9.17, 15) is 4.79 Å². The lowest BCUT2D eigenvalue weighted by atomic mass is 10.1. The van der Waals surface area contributed by atoms with Crippen molar-refractivity contribution in [2.24, 2.45) is 0 Å². The van der Waals surface area contributed by atoms with Crippen LogP contribution in [0.1, 0.15) is 18.4 Å². The summed E-state index contributed by atoms with van der Waals surface area (Å²) in [5.74, 6) is 1.81. The maximum Gasteiger partial charge on any atom is 0.333 e. The summed E-state index contributed by atoms with van der Waals surface area (Å²) >= 11 is 1.87. The number of ether oxygens (including phenoxy) is 1. The lowest BCUT2D eigenvalue weighted by Gasteiger charge is -2.07. The third-order valence-corrected chi connectivity index (χ3v) is 3.79. The van der Waals surface area contributed by atoms with Gasteiger partial charge in [-0.1, -0.05) is 36.9 Å². The highest BCUT2D eigenvalue weighted by atomic mass is 32.2. The van der Waals surface area contributed by atoms with Crippen molar-refractivity contribution >= 4 is 17.7 Å². The van der Waals surface area contributed by atoms with Crippen molar-refractivity contribution in [3.05, 3.63) is 48.0 Å². The normalized spacial score (nSPS) is 19.4. The van der Waals surface area contributed by atoms with Gasteiger partial charge in [0.15, 0.2) is 0 Å². The van der Waals surface area contributed by atoms with E-state index < -0.39 is 0 Å². The van der Waals surface area contributed by atoms with E-state index in [1.165, 1.54) is 5.56 Å². The highest BCUT2D eigenvalue weighted by Gasteiger charge is 2.26. The molecule has 0 amide bonds. The summed E-state index contributed by atoms with van der Waals surface area (Å²) in [4.78, 5) is 11.1. The first-order valence-corrected chi connectivity index (χ1v) is 6.91. The molecule has 1 aliphatic rings. The van der Waals surface area contributed by atoms with Crippen LogP contribution >= 0.6 is 11.8 Å². The number of rotatable bonds is 5. The van der Waals surface area contributed by atoms with E-state index in [1.807, 2.05) is 17.8 Å². The summed E-state index contributed by atoms with van der Waals surface area (Å²) in [6.07, 6.45) is 1.67. The highest BCUT2D eigenvalue weighted by molar-refractivity contribution is 7.98. The SMILES string of the molecule is C=C1CC(CCSCc2ccccc2)OC1=O. The topological polar surface area (TPSA) is 26.3 Å². The van der Waals surface area contributed by atoms with Gasteiger partial charge in [-0.15, -0.1) is 0 Å². The maximum absolute atomic E-state index is 11.1. The second-order valence-electron chi connectivity index (χ2n) is 4.16. The van der Waals surface area contributed by atoms with E-state index >= 15 is 0 Å². The summed E-state index contributed by atoms with van der Waals surface area (Å²) in [6.45, 7) is 3.68. The Morgan fingerprint density at radius 3 is 2.76 bits per heavy atom. The fraction of sp³-hybridized carbons (Fsp3) is 0.357. The Labute approximate surface area is 106 Å². The molecule has 1 atom stereocenters. The molecule has 90 valence electrons. The van der Waals surface area contributed by atoms with Crippen LogP contribution in [0.15, 0.2) is 42.5 Å². The van der Waals surface area contributed by atoms with E-state index in [4.69, 9.17) is 4.74 Å². The number of benzene rings is 1. The average Bonchev–Trinajstić information content (AvgIpc) is 2.66. The van der Waals surface area contributed by atoms with Crippen molar-refractivity contribution < 1.29 is 9.53 Å². The van der Waals surface area contributed by atoms with Crippen molar-refractivity contribution in [3.8, 4) is 0 Å². The third kappa shape index (κ3) is 3.63. The minimum Gasteiger partial charge on any atom is -0.459 e. The van der Waals surface area contributed by atoms with Gasteiger partial charge >= 0.3 is 5.97 Å². The Balaban J connectivity index is 1.64. The maximum atomic E-state index is 11.1. The van der Waals surface area contributed by atoms with Gasteiger partial charge < -0.3 is 4.74 Å². The van der Waals surface area contributed by atoms with Crippen molar-refractivity contribution in [1.82, 2.24) is 0 Å². The van der Waals surface area contributed by atoms with E-state index in [-0.39, 0.29) is 12.1 Å². The predicted molar refractivity (Wildman–Crippen MR) is 70.9 cm³/mol. The number of cyclic esters (lactones) is 1. The van der Waals surface area contributed by atoms with E-state index in [1.54, 1.807) is 0 Å². The molecule has 1 aliphatic heterocycles. The molecule has 17 heavy (non-hydrogen) atoms. The smallest absolute Gasteiger partial charge is 0.333 e. The van der Waals surface area contributed by atoms with Crippen molar-refractivity contribution in [2.75, 3.05) is 5.75 Å². The van der Waals surface area contributed by atoms with Crippen LogP contribution in [0, 0.1) is 0 Å². The van der Waals surface area contributed by atoms with Crippen LogP contribution in [0.25, 0.3) is 0 Å². The van der Waals surface area contributed by atoms with Crippen LogP contribution < -0.4 is 0 Å². The number of carbonyl (C=O) groups excluding carboxylic acids is 1. The molecule has 0 saturated carbocycles. The van der Waals surface area contributed by atoms with Gasteiger partial charge in [-0.2, -0.15) is 11.8 Å². The van der Waals surface area contributed by atoms with Gasteiger partial charge in [0.1, 0.15) is 6.10 Å². The average molecular weight is 248 g/mol.